The van der Waals surface area contributed by atoms with E-state index in [1.807, 2.05) is 35.7 Å². The molecule has 0 amide bonds. The minimum absolute atomic E-state index is 0.243. The highest BCUT2D eigenvalue weighted by atomic mass is 32.2. The van der Waals surface area contributed by atoms with E-state index in [2.05, 4.69) is 10.2 Å². The highest BCUT2D eigenvalue weighted by molar-refractivity contribution is 7.99. The zero-order chi connectivity index (χ0) is 14.1. The van der Waals surface area contributed by atoms with Crippen LogP contribution < -0.4 is 5.73 Å². The van der Waals surface area contributed by atoms with Crippen LogP contribution in [0.2, 0.25) is 0 Å². The number of hydrogen-bond acceptors (Lipinski definition) is 4. The third-order valence-electron chi connectivity index (χ3n) is 2.95. The van der Waals surface area contributed by atoms with Gasteiger partial charge in [-0.25, -0.2) is 4.39 Å². The van der Waals surface area contributed by atoms with E-state index in [1.165, 1.54) is 23.9 Å². The summed E-state index contributed by atoms with van der Waals surface area (Å²) in [6, 6.07) is 10.1. The van der Waals surface area contributed by atoms with Crippen LogP contribution in [-0.2, 0) is 0 Å². The van der Waals surface area contributed by atoms with Crippen LogP contribution in [0.15, 0.2) is 52.6 Å². The average Bonchev–Trinajstić information content (AvgIpc) is 2.84. The number of halogens is 1. The molecule has 2 N–H and O–H groups in total. The Morgan fingerprint density at radius 1 is 1.25 bits per heavy atom. The average molecular weight is 288 g/mol. The maximum Gasteiger partial charge on any atom is 0.200 e. The van der Waals surface area contributed by atoms with Gasteiger partial charge in [-0.3, -0.25) is 4.40 Å². The van der Waals surface area contributed by atoms with Crippen molar-refractivity contribution in [2.45, 2.75) is 23.0 Å². The summed E-state index contributed by atoms with van der Waals surface area (Å²) in [6.45, 7) is 1.83. The standard InChI is InChI=1S/C14H13FN4S/c1-9(16)11-8-10(15)5-6-12(11)20-14-18-17-13-4-2-3-7-19(13)14/h2-9H,16H2,1H3/t9-/m1/s1. The molecule has 0 bridgehead atoms. The minimum Gasteiger partial charge on any atom is -0.324 e. The van der Waals surface area contributed by atoms with Crippen molar-refractivity contribution >= 4 is 17.4 Å². The van der Waals surface area contributed by atoms with Crippen molar-refractivity contribution in [3.05, 3.63) is 54.0 Å². The molecule has 1 atom stereocenters. The van der Waals surface area contributed by atoms with Crippen LogP contribution in [0.5, 0.6) is 0 Å². The fourth-order valence-corrected chi connectivity index (χ4v) is 2.99. The Balaban J connectivity index is 2.03. The van der Waals surface area contributed by atoms with Crippen LogP contribution in [0.3, 0.4) is 0 Å². The van der Waals surface area contributed by atoms with E-state index in [0.717, 1.165) is 21.3 Å². The van der Waals surface area contributed by atoms with Gasteiger partial charge in [0.1, 0.15) is 5.82 Å². The van der Waals surface area contributed by atoms with Crippen LogP contribution >= 0.6 is 11.8 Å². The van der Waals surface area contributed by atoms with Crippen molar-refractivity contribution in [3.8, 4) is 0 Å². The Kier molecular flexibility index (Phi) is 3.42. The zero-order valence-electron chi connectivity index (χ0n) is 10.8. The molecule has 1 aromatic carbocycles. The molecule has 0 unspecified atom stereocenters. The summed E-state index contributed by atoms with van der Waals surface area (Å²) in [6.07, 6.45) is 1.90. The van der Waals surface area contributed by atoms with E-state index in [4.69, 9.17) is 5.73 Å². The summed E-state index contributed by atoms with van der Waals surface area (Å²) < 4.78 is 15.2. The molecule has 0 spiro atoms. The Bertz CT molecular complexity index is 754. The Morgan fingerprint density at radius 3 is 2.90 bits per heavy atom. The van der Waals surface area contributed by atoms with Crippen molar-refractivity contribution in [2.75, 3.05) is 0 Å². The number of aromatic nitrogens is 3. The molecule has 3 aromatic rings. The monoisotopic (exact) mass is 288 g/mol. The highest BCUT2D eigenvalue weighted by Crippen LogP contribution is 2.32. The van der Waals surface area contributed by atoms with Gasteiger partial charge in [-0.05, 0) is 54.6 Å². The first-order valence-electron chi connectivity index (χ1n) is 6.18. The molecular formula is C14H13FN4S. The molecule has 0 fully saturated rings. The van der Waals surface area contributed by atoms with Crippen LogP contribution in [0.4, 0.5) is 4.39 Å². The normalized spacial score (nSPS) is 12.8. The number of pyridine rings is 1. The molecule has 0 aliphatic rings. The largest absolute Gasteiger partial charge is 0.324 e. The maximum atomic E-state index is 13.3. The number of fused-ring (bicyclic) bond motifs is 1. The first kappa shape index (κ1) is 13.1. The van der Waals surface area contributed by atoms with Crippen molar-refractivity contribution < 1.29 is 4.39 Å². The molecule has 0 saturated carbocycles. The molecular weight excluding hydrogens is 275 g/mol. The van der Waals surface area contributed by atoms with Gasteiger partial charge in [0.05, 0.1) is 0 Å². The van der Waals surface area contributed by atoms with E-state index in [1.54, 1.807) is 6.07 Å². The quantitative estimate of drug-likeness (QED) is 0.805. The smallest absolute Gasteiger partial charge is 0.200 e. The predicted octanol–water partition coefficient (Wildman–Crippen LogP) is 3.04. The molecule has 0 aliphatic carbocycles. The van der Waals surface area contributed by atoms with Gasteiger partial charge in [0.15, 0.2) is 10.8 Å². The SMILES string of the molecule is C[C@@H](N)c1cc(F)ccc1Sc1nnc2ccccn12. The van der Waals surface area contributed by atoms with Gasteiger partial charge in [0, 0.05) is 17.1 Å². The van der Waals surface area contributed by atoms with E-state index in [0.29, 0.717) is 0 Å². The van der Waals surface area contributed by atoms with Crippen LogP contribution in [0.1, 0.15) is 18.5 Å². The fraction of sp³-hybridized carbons (Fsp3) is 0.143. The minimum atomic E-state index is -0.284. The Hall–Kier alpha value is -1.92. The van der Waals surface area contributed by atoms with E-state index in [-0.39, 0.29) is 11.9 Å². The number of hydrogen-bond donors (Lipinski definition) is 1. The second-order valence-corrected chi connectivity index (χ2v) is 5.49. The lowest BCUT2D eigenvalue weighted by Crippen LogP contribution is -2.07. The first-order chi connectivity index (χ1) is 9.65. The molecule has 0 aliphatic heterocycles. The lowest BCUT2D eigenvalue weighted by atomic mass is 10.1. The molecule has 2 heterocycles. The fourth-order valence-electron chi connectivity index (χ4n) is 1.96. The Morgan fingerprint density at radius 2 is 2.10 bits per heavy atom. The van der Waals surface area contributed by atoms with Crippen LogP contribution in [0, 0.1) is 5.82 Å². The lowest BCUT2D eigenvalue weighted by Gasteiger charge is -2.11. The number of nitrogens with zero attached hydrogens (tertiary/aromatic N) is 3. The summed E-state index contributed by atoms with van der Waals surface area (Å²) >= 11 is 1.43. The van der Waals surface area contributed by atoms with Crippen molar-refractivity contribution in [2.24, 2.45) is 5.73 Å². The molecule has 3 rings (SSSR count). The van der Waals surface area contributed by atoms with Gasteiger partial charge < -0.3 is 5.73 Å². The summed E-state index contributed by atoms with van der Waals surface area (Å²) in [5.41, 5.74) is 7.45. The predicted molar refractivity (Wildman–Crippen MR) is 76.1 cm³/mol. The molecule has 2 aromatic heterocycles. The van der Waals surface area contributed by atoms with Crippen molar-refractivity contribution in [3.63, 3.8) is 0 Å². The maximum absolute atomic E-state index is 13.3. The van der Waals surface area contributed by atoms with Crippen molar-refractivity contribution in [1.29, 1.82) is 0 Å². The lowest BCUT2D eigenvalue weighted by molar-refractivity contribution is 0.619. The summed E-state index contributed by atoms with van der Waals surface area (Å²) in [7, 11) is 0. The number of rotatable bonds is 3. The van der Waals surface area contributed by atoms with Crippen LogP contribution in [0.25, 0.3) is 5.65 Å². The second-order valence-electron chi connectivity index (χ2n) is 4.48. The molecule has 102 valence electrons. The van der Waals surface area contributed by atoms with Gasteiger partial charge in [0.2, 0.25) is 0 Å². The molecule has 20 heavy (non-hydrogen) atoms. The second kappa shape index (κ2) is 5.22. The topological polar surface area (TPSA) is 56.2 Å². The summed E-state index contributed by atoms with van der Waals surface area (Å²) in [5, 5.41) is 8.98. The van der Waals surface area contributed by atoms with E-state index in [9.17, 15) is 4.39 Å². The number of nitrogens with two attached hydrogens (primary N) is 1. The summed E-state index contributed by atoms with van der Waals surface area (Å²) in [5.74, 6) is -0.284. The van der Waals surface area contributed by atoms with Gasteiger partial charge in [0.25, 0.3) is 0 Å². The van der Waals surface area contributed by atoms with Gasteiger partial charge >= 0.3 is 0 Å². The Labute approximate surface area is 119 Å². The van der Waals surface area contributed by atoms with Gasteiger partial charge in [-0.15, -0.1) is 10.2 Å². The highest BCUT2D eigenvalue weighted by Gasteiger charge is 2.13. The summed E-state index contributed by atoms with van der Waals surface area (Å²) in [4.78, 5) is 0.888. The van der Waals surface area contributed by atoms with Crippen LogP contribution in [-0.4, -0.2) is 14.6 Å². The van der Waals surface area contributed by atoms with E-state index < -0.39 is 0 Å². The molecule has 0 radical (unpaired) electrons. The molecule has 0 saturated heterocycles. The molecule has 4 nitrogen and oxygen atoms in total. The van der Waals surface area contributed by atoms with Crippen molar-refractivity contribution in [1.82, 2.24) is 14.6 Å². The zero-order valence-corrected chi connectivity index (χ0v) is 11.6. The third kappa shape index (κ3) is 2.39. The first-order valence-corrected chi connectivity index (χ1v) is 6.99. The van der Waals surface area contributed by atoms with E-state index >= 15 is 0 Å². The third-order valence-corrected chi connectivity index (χ3v) is 4.00. The van der Waals surface area contributed by atoms with Gasteiger partial charge in [-0.2, -0.15) is 0 Å². The van der Waals surface area contributed by atoms with Gasteiger partial charge in [-0.1, -0.05) is 6.07 Å². The molecule has 6 heteroatoms. The number of benzene rings is 1.